The SMILES string of the molecule is CN(C)CCNS(=O)(=O)c1c(Cl)ccc([N+](=O)[O-])c1O. The summed E-state index contributed by atoms with van der Waals surface area (Å²) in [7, 11) is -0.624. The van der Waals surface area contributed by atoms with Crippen LogP contribution in [0.2, 0.25) is 5.02 Å². The van der Waals surface area contributed by atoms with Gasteiger partial charge in [0.15, 0.2) is 0 Å². The van der Waals surface area contributed by atoms with E-state index in [2.05, 4.69) is 4.72 Å². The number of nitro benzene ring substituents is 1. The molecule has 0 amide bonds. The van der Waals surface area contributed by atoms with E-state index in [0.717, 1.165) is 12.1 Å². The molecule has 2 N–H and O–H groups in total. The van der Waals surface area contributed by atoms with Crippen LogP contribution < -0.4 is 4.72 Å². The summed E-state index contributed by atoms with van der Waals surface area (Å²) >= 11 is 5.72. The molecule has 0 aromatic heterocycles. The summed E-state index contributed by atoms with van der Waals surface area (Å²) < 4.78 is 26.3. The van der Waals surface area contributed by atoms with Gasteiger partial charge in [-0.25, -0.2) is 13.1 Å². The van der Waals surface area contributed by atoms with Crippen LogP contribution in [0, 0.1) is 10.1 Å². The summed E-state index contributed by atoms with van der Waals surface area (Å²) in [4.78, 5) is 10.9. The van der Waals surface area contributed by atoms with Crippen molar-refractivity contribution in [3.8, 4) is 5.75 Å². The molecule has 1 rings (SSSR count). The highest BCUT2D eigenvalue weighted by Crippen LogP contribution is 2.37. The van der Waals surface area contributed by atoms with Gasteiger partial charge in [0.2, 0.25) is 15.8 Å². The van der Waals surface area contributed by atoms with Gasteiger partial charge in [0, 0.05) is 19.2 Å². The number of likely N-dealkylation sites (N-methyl/N-ethyl adjacent to an activating group) is 1. The Hall–Kier alpha value is -1.42. The van der Waals surface area contributed by atoms with Crippen LogP contribution in [-0.4, -0.2) is 50.5 Å². The second-order valence-corrected chi connectivity index (χ2v) is 6.31. The van der Waals surface area contributed by atoms with Crippen LogP contribution >= 0.6 is 11.6 Å². The molecular weight excluding hydrogens is 310 g/mol. The van der Waals surface area contributed by atoms with Crippen molar-refractivity contribution in [1.29, 1.82) is 0 Å². The molecule has 0 unspecified atom stereocenters. The number of phenols is 1. The quantitative estimate of drug-likeness (QED) is 0.591. The minimum Gasteiger partial charge on any atom is -0.501 e. The maximum atomic E-state index is 12.0. The molecule has 0 atom stereocenters. The van der Waals surface area contributed by atoms with Gasteiger partial charge in [-0.3, -0.25) is 10.1 Å². The molecule has 0 aliphatic heterocycles. The van der Waals surface area contributed by atoms with E-state index in [-0.39, 0.29) is 11.6 Å². The van der Waals surface area contributed by atoms with E-state index in [1.807, 2.05) is 0 Å². The van der Waals surface area contributed by atoms with Crippen LogP contribution in [0.15, 0.2) is 17.0 Å². The van der Waals surface area contributed by atoms with E-state index in [9.17, 15) is 23.6 Å². The van der Waals surface area contributed by atoms with Crippen molar-refractivity contribution < 1.29 is 18.4 Å². The molecule has 0 saturated heterocycles. The first kappa shape index (κ1) is 16.6. The molecule has 20 heavy (non-hydrogen) atoms. The Balaban J connectivity index is 3.17. The first-order valence-corrected chi connectivity index (χ1v) is 7.33. The summed E-state index contributed by atoms with van der Waals surface area (Å²) in [6, 6.07) is 2.00. The normalized spacial score (nSPS) is 11.8. The van der Waals surface area contributed by atoms with Gasteiger partial charge in [0.25, 0.3) is 0 Å². The highest BCUT2D eigenvalue weighted by molar-refractivity contribution is 7.89. The summed E-state index contributed by atoms with van der Waals surface area (Å²) in [5.41, 5.74) is -0.720. The maximum Gasteiger partial charge on any atom is 0.312 e. The lowest BCUT2D eigenvalue weighted by Crippen LogP contribution is -2.31. The number of nitrogens with one attached hydrogen (secondary N) is 1. The third-order valence-corrected chi connectivity index (χ3v) is 4.34. The van der Waals surface area contributed by atoms with Gasteiger partial charge in [-0.15, -0.1) is 0 Å². The predicted octanol–water partition coefficient (Wildman–Crippen LogP) is 0.794. The monoisotopic (exact) mass is 323 g/mol. The minimum atomic E-state index is -4.14. The molecule has 0 heterocycles. The Morgan fingerprint density at radius 1 is 1.45 bits per heavy atom. The Kier molecular flexibility index (Phi) is 5.28. The van der Waals surface area contributed by atoms with E-state index < -0.39 is 31.3 Å². The molecule has 0 bridgehead atoms. The van der Waals surface area contributed by atoms with Gasteiger partial charge in [-0.2, -0.15) is 0 Å². The fourth-order valence-electron chi connectivity index (χ4n) is 1.41. The third kappa shape index (κ3) is 3.79. The lowest BCUT2D eigenvalue weighted by molar-refractivity contribution is -0.386. The van der Waals surface area contributed by atoms with E-state index in [4.69, 9.17) is 11.6 Å². The van der Waals surface area contributed by atoms with Crippen LogP contribution in [0.4, 0.5) is 5.69 Å². The van der Waals surface area contributed by atoms with Crippen molar-refractivity contribution in [2.24, 2.45) is 0 Å². The largest absolute Gasteiger partial charge is 0.501 e. The highest BCUT2D eigenvalue weighted by atomic mass is 35.5. The topological polar surface area (TPSA) is 113 Å². The maximum absolute atomic E-state index is 12.0. The Morgan fingerprint density at radius 2 is 2.05 bits per heavy atom. The van der Waals surface area contributed by atoms with Gasteiger partial charge in [-0.05, 0) is 20.2 Å². The van der Waals surface area contributed by atoms with Gasteiger partial charge >= 0.3 is 5.69 Å². The summed E-state index contributed by atoms with van der Waals surface area (Å²) in [6.07, 6.45) is 0. The van der Waals surface area contributed by atoms with Gasteiger partial charge in [0.05, 0.1) is 9.95 Å². The fraction of sp³-hybridized carbons (Fsp3) is 0.400. The third-order valence-electron chi connectivity index (χ3n) is 2.38. The second kappa shape index (κ2) is 6.35. The second-order valence-electron chi connectivity index (χ2n) is 4.20. The number of nitro groups is 1. The molecule has 1 aromatic rings. The molecule has 112 valence electrons. The van der Waals surface area contributed by atoms with Crippen molar-refractivity contribution in [2.75, 3.05) is 27.2 Å². The standard InChI is InChI=1S/C10H14ClN3O5S/c1-13(2)6-5-12-20(18,19)10-7(11)3-4-8(9(10)15)14(16)17/h3-4,12,15H,5-6H2,1-2H3. The lowest BCUT2D eigenvalue weighted by Gasteiger charge is -2.12. The average Bonchev–Trinajstić information content (AvgIpc) is 2.26. The number of rotatable bonds is 6. The zero-order valence-corrected chi connectivity index (χ0v) is 12.4. The number of aromatic hydroxyl groups is 1. The zero-order valence-electron chi connectivity index (χ0n) is 10.8. The molecule has 0 fully saturated rings. The zero-order chi connectivity index (χ0) is 15.5. The van der Waals surface area contributed by atoms with Gasteiger partial charge in [0.1, 0.15) is 4.90 Å². The number of sulfonamides is 1. The average molecular weight is 324 g/mol. The van der Waals surface area contributed by atoms with Crippen LogP contribution in [0.1, 0.15) is 0 Å². The molecule has 0 aliphatic carbocycles. The van der Waals surface area contributed by atoms with E-state index >= 15 is 0 Å². The molecule has 0 saturated carbocycles. The van der Waals surface area contributed by atoms with Crippen molar-refractivity contribution in [3.63, 3.8) is 0 Å². The highest BCUT2D eigenvalue weighted by Gasteiger charge is 2.28. The van der Waals surface area contributed by atoms with E-state index in [1.54, 1.807) is 19.0 Å². The van der Waals surface area contributed by atoms with Gasteiger partial charge in [-0.1, -0.05) is 11.6 Å². The van der Waals surface area contributed by atoms with E-state index in [1.165, 1.54) is 0 Å². The van der Waals surface area contributed by atoms with E-state index in [0.29, 0.717) is 6.54 Å². The summed E-state index contributed by atoms with van der Waals surface area (Å²) in [5.74, 6) is -0.972. The molecule has 0 spiro atoms. The molecule has 0 aliphatic rings. The number of hydrogen-bond donors (Lipinski definition) is 2. The van der Waals surface area contributed by atoms with Crippen LogP contribution in [0.5, 0.6) is 5.75 Å². The fourth-order valence-corrected chi connectivity index (χ4v) is 3.06. The first-order valence-electron chi connectivity index (χ1n) is 5.47. The minimum absolute atomic E-state index is 0.0772. The number of hydrogen-bond acceptors (Lipinski definition) is 6. The molecule has 0 radical (unpaired) electrons. The van der Waals surface area contributed by atoms with Crippen molar-refractivity contribution in [1.82, 2.24) is 9.62 Å². The molecular formula is C10H14ClN3O5S. The Bertz CT molecular complexity index is 618. The lowest BCUT2D eigenvalue weighted by atomic mass is 10.3. The summed E-state index contributed by atoms with van der Waals surface area (Å²) in [6.45, 7) is 0.500. The van der Waals surface area contributed by atoms with Crippen LogP contribution in [0.3, 0.4) is 0 Å². The smallest absolute Gasteiger partial charge is 0.312 e. The number of phenolic OH excluding ortho intramolecular Hbond substituents is 1. The first-order chi connectivity index (χ1) is 9.16. The number of benzene rings is 1. The van der Waals surface area contributed by atoms with Crippen LogP contribution in [-0.2, 0) is 10.0 Å². The Morgan fingerprint density at radius 3 is 2.55 bits per heavy atom. The van der Waals surface area contributed by atoms with Crippen molar-refractivity contribution in [2.45, 2.75) is 4.90 Å². The predicted molar refractivity (Wildman–Crippen MR) is 73.5 cm³/mol. The molecule has 1 aromatic carbocycles. The summed E-state index contributed by atoms with van der Waals surface area (Å²) in [5, 5.41) is 20.1. The van der Waals surface area contributed by atoms with Gasteiger partial charge < -0.3 is 10.0 Å². The number of halogens is 1. The Labute approximate surface area is 121 Å². The van der Waals surface area contributed by atoms with Crippen molar-refractivity contribution >= 4 is 27.3 Å². The molecule has 10 heteroatoms. The molecule has 8 nitrogen and oxygen atoms in total. The van der Waals surface area contributed by atoms with Crippen LogP contribution in [0.25, 0.3) is 0 Å². The number of nitrogens with zero attached hydrogens (tertiary/aromatic N) is 2. The van der Waals surface area contributed by atoms with Crippen molar-refractivity contribution in [3.05, 3.63) is 27.3 Å².